The summed E-state index contributed by atoms with van der Waals surface area (Å²) in [4.78, 5) is 18.8. The van der Waals surface area contributed by atoms with Gasteiger partial charge in [0.1, 0.15) is 5.75 Å². The number of rotatable bonds is 5. The van der Waals surface area contributed by atoms with Crippen LogP contribution in [-0.4, -0.2) is 29.2 Å². The normalized spacial score (nSPS) is 22.1. The second kappa shape index (κ2) is 6.15. The average molecular weight is 342 g/mol. The number of nitrogens with zero attached hydrogens (tertiary/aromatic N) is 3. The van der Waals surface area contributed by atoms with Crippen LogP contribution in [0.2, 0.25) is 0 Å². The molecule has 2 aromatic rings. The first kappa shape index (κ1) is 16.1. The Balaban J connectivity index is 1.55. The number of aromatic nitrogens is 2. The minimum atomic E-state index is -0.453. The van der Waals surface area contributed by atoms with Crippen LogP contribution in [0.1, 0.15) is 50.2 Å². The van der Waals surface area contributed by atoms with Crippen LogP contribution >= 0.6 is 0 Å². The molecule has 0 bridgehead atoms. The summed E-state index contributed by atoms with van der Waals surface area (Å²) >= 11 is 0. The summed E-state index contributed by atoms with van der Waals surface area (Å²) in [5.41, 5.74) is 6.59. The smallest absolute Gasteiger partial charge is 0.232 e. The maximum atomic E-state index is 12.5. The molecule has 7 heteroatoms. The lowest BCUT2D eigenvalue weighted by molar-refractivity contribution is -0.117. The molecular weight excluding hydrogens is 320 g/mol. The van der Waals surface area contributed by atoms with Crippen LogP contribution < -0.4 is 15.4 Å². The highest BCUT2D eigenvalue weighted by atomic mass is 16.5. The third-order valence-corrected chi connectivity index (χ3v) is 5.06. The molecule has 1 aromatic heterocycles. The molecule has 1 aromatic carbocycles. The van der Waals surface area contributed by atoms with Crippen LogP contribution in [0.3, 0.4) is 0 Å². The zero-order valence-electron chi connectivity index (χ0n) is 14.3. The second-order valence-electron chi connectivity index (χ2n) is 6.77. The monoisotopic (exact) mass is 342 g/mol. The summed E-state index contributed by atoms with van der Waals surface area (Å²) in [5.74, 6) is 1.68. The molecule has 25 heavy (non-hydrogen) atoms. The third kappa shape index (κ3) is 2.78. The maximum Gasteiger partial charge on any atom is 0.232 e. The lowest BCUT2D eigenvalue weighted by atomic mass is 9.77. The molecule has 2 aliphatic rings. The number of ether oxygens (including phenoxy) is 1. The van der Waals surface area contributed by atoms with Crippen molar-refractivity contribution in [2.45, 2.75) is 44.1 Å². The Bertz CT molecular complexity index is 784. The number of nitrogens with two attached hydrogens (primary N) is 1. The number of hydrogen-bond donors (Lipinski definition) is 1. The molecule has 2 N–H and O–H groups in total. The number of hydrogen-bond acceptors (Lipinski definition) is 6. The summed E-state index contributed by atoms with van der Waals surface area (Å²) in [6.45, 7) is 2.98. The van der Waals surface area contributed by atoms with Gasteiger partial charge in [-0.05, 0) is 38.3 Å². The van der Waals surface area contributed by atoms with Crippen molar-refractivity contribution in [1.29, 1.82) is 0 Å². The van der Waals surface area contributed by atoms with Crippen molar-refractivity contribution in [1.82, 2.24) is 10.1 Å². The first-order chi connectivity index (χ1) is 12.1. The van der Waals surface area contributed by atoms with Gasteiger partial charge in [0.2, 0.25) is 11.8 Å². The number of carbonyl (C=O) groups excluding carboxylic acids is 1. The first-order valence-electron chi connectivity index (χ1n) is 8.76. The van der Waals surface area contributed by atoms with E-state index in [9.17, 15) is 4.79 Å². The number of para-hydroxylation sites is 2. The number of anilines is 1. The molecule has 2 fully saturated rings. The molecule has 1 aliphatic heterocycles. The van der Waals surface area contributed by atoms with Crippen molar-refractivity contribution in [3.63, 3.8) is 0 Å². The van der Waals surface area contributed by atoms with Gasteiger partial charge in [0.05, 0.1) is 23.8 Å². The molecular formula is C18H22N4O3. The van der Waals surface area contributed by atoms with E-state index < -0.39 is 5.54 Å². The lowest BCUT2D eigenvalue weighted by Gasteiger charge is -2.34. The van der Waals surface area contributed by atoms with E-state index in [0.29, 0.717) is 37.0 Å². The molecule has 4 rings (SSSR count). The molecule has 2 heterocycles. The van der Waals surface area contributed by atoms with Crippen LogP contribution in [0.4, 0.5) is 5.69 Å². The van der Waals surface area contributed by atoms with Crippen molar-refractivity contribution in [2.24, 2.45) is 5.73 Å². The largest absolute Gasteiger partial charge is 0.492 e. The summed E-state index contributed by atoms with van der Waals surface area (Å²) < 4.78 is 11.1. The van der Waals surface area contributed by atoms with E-state index in [1.54, 1.807) is 4.90 Å². The highest BCUT2D eigenvalue weighted by Gasteiger charge is 2.41. The molecule has 132 valence electrons. The van der Waals surface area contributed by atoms with Gasteiger partial charge in [-0.1, -0.05) is 17.3 Å². The van der Waals surface area contributed by atoms with Crippen molar-refractivity contribution in [3.05, 3.63) is 36.0 Å². The van der Waals surface area contributed by atoms with Crippen LogP contribution in [0.25, 0.3) is 0 Å². The molecule has 1 amide bonds. The van der Waals surface area contributed by atoms with Crippen molar-refractivity contribution < 1.29 is 14.1 Å². The highest BCUT2D eigenvalue weighted by Crippen LogP contribution is 2.39. The van der Waals surface area contributed by atoms with Gasteiger partial charge in [0.25, 0.3) is 0 Å². The standard InChI is InChI=1S/C18H22N4O3/c1-2-24-14-7-4-3-6-13(14)22-11-12(10-15(22)23)16-20-17(21-25-16)18(19)8-5-9-18/h3-4,6-7,12H,2,5,8-11,19H2,1H3. The Hall–Kier alpha value is -2.41. The summed E-state index contributed by atoms with van der Waals surface area (Å²) in [6, 6.07) is 7.57. The van der Waals surface area contributed by atoms with Gasteiger partial charge in [-0.3, -0.25) is 4.79 Å². The molecule has 1 saturated carbocycles. The zero-order chi connectivity index (χ0) is 17.4. The average Bonchev–Trinajstić information content (AvgIpc) is 3.21. The molecule has 1 atom stereocenters. The third-order valence-electron chi connectivity index (χ3n) is 5.06. The number of carbonyl (C=O) groups is 1. The predicted octanol–water partition coefficient (Wildman–Crippen LogP) is 2.33. The minimum Gasteiger partial charge on any atom is -0.492 e. The first-order valence-corrected chi connectivity index (χ1v) is 8.76. The molecule has 0 spiro atoms. The lowest BCUT2D eigenvalue weighted by Crippen LogP contribution is -2.44. The van der Waals surface area contributed by atoms with Gasteiger partial charge in [-0.25, -0.2) is 0 Å². The Kier molecular flexibility index (Phi) is 3.95. The van der Waals surface area contributed by atoms with Crippen LogP contribution in [0.15, 0.2) is 28.8 Å². The Morgan fingerprint density at radius 2 is 2.20 bits per heavy atom. The zero-order valence-corrected chi connectivity index (χ0v) is 14.3. The van der Waals surface area contributed by atoms with Gasteiger partial charge in [-0.2, -0.15) is 4.98 Å². The number of amides is 1. The fourth-order valence-electron chi connectivity index (χ4n) is 3.45. The Labute approximate surface area is 146 Å². The highest BCUT2D eigenvalue weighted by molar-refractivity contribution is 5.97. The van der Waals surface area contributed by atoms with Gasteiger partial charge in [0.15, 0.2) is 5.82 Å². The summed E-state index contributed by atoms with van der Waals surface area (Å²) in [7, 11) is 0. The maximum absolute atomic E-state index is 12.5. The van der Waals surface area contributed by atoms with E-state index in [0.717, 1.165) is 24.9 Å². The van der Waals surface area contributed by atoms with Crippen molar-refractivity contribution in [3.8, 4) is 5.75 Å². The fraction of sp³-hybridized carbons (Fsp3) is 0.500. The fourth-order valence-corrected chi connectivity index (χ4v) is 3.45. The van der Waals surface area contributed by atoms with E-state index in [4.69, 9.17) is 15.0 Å². The minimum absolute atomic E-state index is 0.0306. The summed E-state index contributed by atoms with van der Waals surface area (Å²) in [5, 5.41) is 4.06. The summed E-state index contributed by atoms with van der Waals surface area (Å²) in [6.07, 6.45) is 3.19. The van der Waals surface area contributed by atoms with Crippen molar-refractivity contribution in [2.75, 3.05) is 18.1 Å². The van der Waals surface area contributed by atoms with Crippen LogP contribution in [0, 0.1) is 0 Å². The predicted molar refractivity (Wildman–Crippen MR) is 91.3 cm³/mol. The van der Waals surface area contributed by atoms with E-state index in [1.807, 2.05) is 31.2 Å². The van der Waals surface area contributed by atoms with E-state index in [2.05, 4.69) is 10.1 Å². The quantitative estimate of drug-likeness (QED) is 0.896. The Morgan fingerprint density at radius 3 is 2.92 bits per heavy atom. The second-order valence-corrected chi connectivity index (χ2v) is 6.77. The molecule has 1 unspecified atom stereocenters. The van der Waals surface area contributed by atoms with Crippen molar-refractivity contribution >= 4 is 11.6 Å². The van der Waals surface area contributed by atoms with Gasteiger partial charge >= 0.3 is 0 Å². The van der Waals surface area contributed by atoms with Gasteiger partial charge in [0, 0.05) is 13.0 Å². The van der Waals surface area contributed by atoms with Crippen LogP contribution in [0.5, 0.6) is 5.75 Å². The van der Waals surface area contributed by atoms with E-state index in [1.165, 1.54) is 0 Å². The van der Waals surface area contributed by atoms with Gasteiger partial charge in [-0.15, -0.1) is 0 Å². The Morgan fingerprint density at radius 1 is 1.40 bits per heavy atom. The molecule has 1 aliphatic carbocycles. The SMILES string of the molecule is CCOc1ccccc1N1CC(c2nc(C3(N)CCC3)no2)CC1=O. The van der Waals surface area contributed by atoms with E-state index >= 15 is 0 Å². The van der Waals surface area contributed by atoms with Gasteiger partial charge < -0.3 is 19.9 Å². The molecule has 0 radical (unpaired) electrons. The van der Waals surface area contributed by atoms with Crippen LogP contribution in [-0.2, 0) is 10.3 Å². The topological polar surface area (TPSA) is 94.5 Å². The number of benzene rings is 1. The molecule has 7 nitrogen and oxygen atoms in total. The molecule has 1 saturated heterocycles. The van der Waals surface area contributed by atoms with E-state index in [-0.39, 0.29) is 11.8 Å².